The first kappa shape index (κ1) is 15.1. The van der Waals surface area contributed by atoms with Crippen molar-refractivity contribution < 1.29 is 4.79 Å². The van der Waals surface area contributed by atoms with Crippen LogP contribution < -0.4 is 5.32 Å². The summed E-state index contributed by atoms with van der Waals surface area (Å²) in [5, 5.41) is 4.15. The van der Waals surface area contributed by atoms with Gasteiger partial charge in [0.05, 0.1) is 11.3 Å². The molecule has 1 amide bonds. The van der Waals surface area contributed by atoms with Crippen molar-refractivity contribution in [1.29, 1.82) is 0 Å². The molecule has 0 saturated heterocycles. The number of aromatic amines is 1. The zero-order valence-electron chi connectivity index (χ0n) is 13.8. The molecule has 122 valence electrons. The van der Waals surface area contributed by atoms with Gasteiger partial charge in [-0.25, -0.2) is 0 Å². The number of nitrogens with one attached hydrogen (secondary N) is 2. The Labute approximate surface area is 145 Å². The van der Waals surface area contributed by atoms with Gasteiger partial charge in [0.2, 0.25) is 0 Å². The monoisotopic (exact) mass is 327 g/mol. The van der Waals surface area contributed by atoms with Gasteiger partial charge in [-0.1, -0.05) is 36.4 Å². The molecule has 0 aliphatic rings. The topological polar surface area (TPSA) is 57.8 Å². The molecule has 2 aromatic carbocycles. The Bertz CT molecular complexity index is 1030. The predicted octanol–water partition coefficient (Wildman–Crippen LogP) is 4.79. The van der Waals surface area contributed by atoms with Gasteiger partial charge >= 0.3 is 0 Å². The third-order valence-electron chi connectivity index (χ3n) is 4.25. The normalized spacial score (nSPS) is 10.8. The molecule has 4 aromatic rings. The van der Waals surface area contributed by atoms with E-state index >= 15 is 0 Å². The number of carbonyl (C=O) groups is 1. The Hall–Kier alpha value is -3.40. The minimum Gasteiger partial charge on any atom is -0.354 e. The van der Waals surface area contributed by atoms with Crippen molar-refractivity contribution in [1.82, 2.24) is 9.97 Å². The van der Waals surface area contributed by atoms with E-state index in [-0.39, 0.29) is 5.91 Å². The van der Waals surface area contributed by atoms with Crippen LogP contribution in [0.4, 0.5) is 5.69 Å². The fraction of sp³-hybridized carbons (Fsp3) is 0.0476. The molecule has 2 N–H and O–H groups in total. The number of hydrogen-bond acceptors (Lipinski definition) is 2. The molecule has 2 aromatic heterocycles. The maximum atomic E-state index is 12.6. The Morgan fingerprint density at radius 1 is 1.00 bits per heavy atom. The minimum atomic E-state index is -0.158. The standard InChI is InChI=1S/C21H17N3O/c1-14-16(9-6-12-22-14)21(25)24-19-11-5-3-8-17(19)20-13-15-7-2-4-10-18(15)23-20/h2-13,23H,1H3,(H,24,25). The number of H-pyrrole nitrogens is 1. The van der Waals surface area contributed by atoms with Crippen LogP contribution in [0.3, 0.4) is 0 Å². The highest BCUT2D eigenvalue weighted by atomic mass is 16.1. The highest BCUT2D eigenvalue weighted by molar-refractivity contribution is 6.07. The highest BCUT2D eigenvalue weighted by Gasteiger charge is 2.13. The predicted molar refractivity (Wildman–Crippen MR) is 101 cm³/mol. The number of amides is 1. The van der Waals surface area contributed by atoms with Crippen molar-refractivity contribution in [3.05, 3.63) is 84.2 Å². The van der Waals surface area contributed by atoms with Crippen LogP contribution >= 0.6 is 0 Å². The van der Waals surface area contributed by atoms with Crippen LogP contribution in [0.15, 0.2) is 72.9 Å². The van der Waals surface area contributed by atoms with Gasteiger partial charge in [-0.15, -0.1) is 0 Å². The molecule has 4 nitrogen and oxygen atoms in total. The number of nitrogens with zero attached hydrogens (tertiary/aromatic N) is 1. The largest absolute Gasteiger partial charge is 0.354 e. The maximum Gasteiger partial charge on any atom is 0.257 e. The molecule has 0 bridgehead atoms. The van der Waals surface area contributed by atoms with Crippen molar-refractivity contribution in [2.24, 2.45) is 0 Å². The number of para-hydroxylation sites is 2. The van der Waals surface area contributed by atoms with Crippen molar-refractivity contribution in [3.63, 3.8) is 0 Å². The fourth-order valence-electron chi connectivity index (χ4n) is 2.96. The number of carbonyl (C=O) groups excluding carboxylic acids is 1. The van der Waals surface area contributed by atoms with Gasteiger partial charge in [0.15, 0.2) is 0 Å². The third-order valence-corrected chi connectivity index (χ3v) is 4.25. The van der Waals surface area contributed by atoms with Crippen molar-refractivity contribution in [3.8, 4) is 11.3 Å². The Morgan fingerprint density at radius 2 is 1.80 bits per heavy atom. The van der Waals surface area contributed by atoms with E-state index in [1.165, 1.54) is 0 Å². The number of anilines is 1. The molecule has 0 radical (unpaired) electrons. The summed E-state index contributed by atoms with van der Waals surface area (Å²) in [5.74, 6) is -0.158. The van der Waals surface area contributed by atoms with Crippen molar-refractivity contribution in [2.75, 3.05) is 5.32 Å². The van der Waals surface area contributed by atoms with E-state index < -0.39 is 0 Å². The number of hydrogen-bond donors (Lipinski definition) is 2. The van der Waals surface area contributed by atoms with Crippen LogP contribution in [-0.2, 0) is 0 Å². The maximum absolute atomic E-state index is 12.6. The van der Waals surface area contributed by atoms with Crippen LogP contribution in [-0.4, -0.2) is 15.9 Å². The van der Waals surface area contributed by atoms with Crippen LogP contribution in [0.1, 0.15) is 16.1 Å². The van der Waals surface area contributed by atoms with E-state index in [9.17, 15) is 4.79 Å². The second-order valence-corrected chi connectivity index (χ2v) is 5.91. The van der Waals surface area contributed by atoms with E-state index in [2.05, 4.69) is 27.4 Å². The summed E-state index contributed by atoms with van der Waals surface area (Å²) >= 11 is 0. The minimum absolute atomic E-state index is 0.158. The van der Waals surface area contributed by atoms with Gasteiger partial charge in [0.25, 0.3) is 5.91 Å². The lowest BCUT2D eigenvalue weighted by Crippen LogP contribution is -2.14. The second kappa shape index (κ2) is 6.24. The van der Waals surface area contributed by atoms with Gasteiger partial charge in [-0.2, -0.15) is 0 Å². The lowest BCUT2D eigenvalue weighted by Gasteiger charge is -2.11. The number of fused-ring (bicyclic) bond motifs is 1. The molecular formula is C21H17N3O. The lowest BCUT2D eigenvalue weighted by atomic mass is 10.1. The third kappa shape index (κ3) is 2.90. The summed E-state index contributed by atoms with van der Waals surface area (Å²) < 4.78 is 0. The van der Waals surface area contributed by atoms with Crippen LogP contribution in [0, 0.1) is 6.92 Å². The van der Waals surface area contributed by atoms with E-state index in [1.54, 1.807) is 18.3 Å². The van der Waals surface area contributed by atoms with E-state index in [0.29, 0.717) is 11.3 Å². The van der Waals surface area contributed by atoms with Gasteiger partial charge in [0, 0.05) is 34.1 Å². The van der Waals surface area contributed by atoms with E-state index in [0.717, 1.165) is 27.8 Å². The Morgan fingerprint density at radius 3 is 2.64 bits per heavy atom. The second-order valence-electron chi connectivity index (χ2n) is 5.91. The van der Waals surface area contributed by atoms with Gasteiger partial charge in [-0.3, -0.25) is 9.78 Å². The Kier molecular flexibility index (Phi) is 3.78. The van der Waals surface area contributed by atoms with Gasteiger partial charge in [0.1, 0.15) is 0 Å². The van der Waals surface area contributed by atoms with Crippen molar-refractivity contribution >= 4 is 22.5 Å². The Balaban J connectivity index is 1.72. The first-order valence-electron chi connectivity index (χ1n) is 8.12. The molecule has 0 saturated carbocycles. The zero-order valence-corrected chi connectivity index (χ0v) is 13.8. The molecular weight excluding hydrogens is 310 g/mol. The van der Waals surface area contributed by atoms with E-state index in [4.69, 9.17) is 0 Å². The molecule has 4 rings (SSSR count). The van der Waals surface area contributed by atoms with Crippen LogP contribution in [0.5, 0.6) is 0 Å². The number of benzene rings is 2. The number of aromatic nitrogens is 2. The summed E-state index contributed by atoms with van der Waals surface area (Å²) in [6.45, 7) is 1.83. The molecule has 0 atom stereocenters. The summed E-state index contributed by atoms with van der Waals surface area (Å²) in [6.07, 6.45) is 1.69. The van der Waals surface area contributed by atoms with Gasteiger partial charge in [-0.05, 0) is 37.3 Å². The van der Waals surface area contributed by atoms with Crippen LogP contribution in [0.2, 0.25) is 0 Å². The molecule has 0 unspecified atom stereocenters. The summed E-state index contributed by atoms with van der Waals surface area (Å²) in [4.78, 5) is 20.2. The number of rotatable bonds is 3. The zero-order chi connectivity index (χ0) is 17.2. The number of aryl methyl sites for hydroxylation is 1. The molecule has 4 heteroatoms. The highest BCUT2D eigenvalue weighted by Crippen LogP contribution is 2.30. The van der Waals surface area contributed by atoms with Crippen molar-refractivity contribution in [2.45, 2.75) is 6.92 Å². The molecule has 0 spiro atoms. The van der Waals surface area contributed by atoms with Gasteiger partial charge < -0.3 is 10.3 Å². The summed E-state index contributed by atoms with van der Waals surface area (Å²) in [5.41, 5.74) is 5.05. The molecule has 25 heavy (non-hydrogen) atoms. The molecule has 0 fully saturated rings. The molecule has 2 heterocycles. The average molecular weight is 327 g/mol. The SMILES string of the molecule is Cc1ncccc1C(=O)Nc1ccccc1-c1cc2ccccc2[nH]1. The summed E-state index contributed by atoms with van der Waals surface area (Å²) in [6, 6.07) is 21.5. The lowest BCUT2D eigenvalue weighted by molar-refractivity contribution is 0.102. The molecule has 0 aliphatic carbocycles. The average Bonchev–Trinajstić information content (AvgIpc) is 3.06. The summed E-state index contributed by atoms with van der Waals surface area (Å²) in [7, 11) is 0. The molecule has 0 aliphatic heterocycles. The van der Waals surface area contributed by atoms with E-state index in [1.807, 2.05) is 49.4 Å². The first-order valence-corrected chi connectivity index (χ1v) is 8.12. The quantitative estimate of drug-likeness (QED) is 0.568. The smallest absolute Gasteiger partial charge is 0.257 e. The number of pyridine rings is 1. The van der Waals surface area contributed by atoms with Crippen LogP contribution in [0.25, 0.3) is 22.2 Å². The fourth-order valence-corrected chi connectivity index (χ4v) is 2.96. The first-order chi connectivity index (χ1) is 12.2.